The zero-order valence-corrected chi connectivity index (χ0v) is 18.9. The average Bonchev–Trinajstić information content (AvgIpc) is 2.81. The molecule has 0 aliphatic rings. The number of benzene rings is 2. The summed E-state index contributed by atoms with van der Waals surface area (Å²) in [4.78, 5) is 64.1. The van der Waals surface area contributed by atoms with Crippen LogP contribution >= 0.6 is 0 Å². The molecule has 0 saturated carbocycles. The van der Waals surface area contributed by atoms with E-state index in [1.165, 1.54) is 43.3 Å². The Morgan fingerprint density at radius 3 is 2.32 bits per heavy atom. The van der Waals surface area contributed by atoms with Gasteiger partial charge in [-0.1, -0.05) is 12.1 Å². The van der Waals surface area contributed by atoms with Gasteiger partial charge in [0.1, 0.15) is 19.0 Å². The highest BCUT2D eigenvalue weighted by Gasteiger charge is 2.19. The Morgan fingerprint density at radius 2 is 1.68 bits per heavy atom. The van der Waals surface area contributed by atoms with E-state index in [2.05, 4.69) is 9.98 Å². The SMILES string of the molecule is CC(=O)C(CC(=O)COCCOC(=O)c1ccc(N=C=O)cc1)Cc1ccc(C)c(N=C=O)c1. The van der Waals surface area contributed by atoms with E-state index in [9.17, 15) is 24.0 Å². The van der Waals surface area contributed by atoms with Crippen molar-refractivity contribution in [1.82, 2.24) is 0 Å². The highest BCUT2D eigenvalue weighted by molar-refractivity contribution is 5.90. The molecule has 0 spiro atoms. The van der Waals surface area contributed by atoms with E-state index in [4.69, 9.17) is 9.47 Å². The lowest BCUT2D eigenvalue weighted by Gasteiger charge is -2.14. The van der Waals surface area contributed by atoms with E-state index < -0.39 is 11.9 Å². The van der Waals surface area contributed by atoms with Gasteiger partial charge >= 0.3 is 5.97 Å². The van der Waals surface area contributed by atoms with Crippen LogP contribution < -0.4 is 0 Å². The number of Topliss-reactive ketones (excluding diaryl/α,β-unsaturated/α-hetero) is 2. The Kier molecular flexibility index (Phi) is 10.4. The van der Waals surface area contributed by atoms with E-state index in [0.29, 0.717) is 17.8 Å². The van der Waals surface area contributed by atoms with Crippen molar-refractivity contribution in [3.63, 3.8) is 0 Å². The number of isocyanates is 2. The molecule has 2 aromatic rings. The van der Waals surface area contributed by atoms with Crippen molar-refractivity contribution in [2.75, 3.05) is 19.8 Å². The first-order valence-corrected chi connectivity index (χ1v) is 10.5. The fraction of sp³-hybridized carbons (Fsp3) is 0.320. The predicted octanol–water partition coefficient (Wildman–Crippen LogP) is 3.51. The first kappa shape index (κ1) is 26.2. The Hall–Kier alpha value is -4.03. The fourth-order valence-electron chi connectivity index (χ4n) is 3.12. The standard InChI is InChI=1S/C25H24N2O7/c1-17-3-4-19(12-24(17)27-16-29)11-21(18(2)30)13-23(31)14-33-9-10-34-25(32)20-5-7-22(8-6-20)26-15-28/h3-8,12,21H,9-11,13-14H2,1-2H3. The van der Waals surface area contributed by atoms with Gasteiger partial charge in [0.2, 0.25) is 12.2 Å². The van der Waals surface area contributed by atoms with Crippen LogP contribution in [0.25, 0.3) is 0 Å². The molecule has 0 saturated heterocycles. The van der Waals surface area contributed by atoms with Crippen molar-refractivity contribution in [2.45, 2.75) is 26.7 Å². The highest BCUT2D eigenvalue weighted by atomic mass is 16.6. The van der Waals surface area contributed by atoms with Crippen molar-refractivity contribution < 1.29 is 33.4 Å². The average molecular weight is 464 g/mol. The zero-order valence-electron chi connectivity index (χ0n) is 18.9. The van der Waals surface area contributed by atoms with Gasteiger partial charge < -0.3 is 9.47 Å². The molecule has 0 radical (unpaired) electrons. The lowest BCUT2D eigenvalue weighted by molar-refractivity contribution is -0.129. The van der Waals surface area contributed by atoms with E-state index >= 15 is 0 Å². The van der Waals surface area contributed by atoms with Crippen molar-refractivity contribution in [3.05, 3.63) is 59.2 Å². The van der Waals surface area contributed by atoms with Gasteiger partial charge in [0.15, 0.2) is 5.78 Å². The molecule has 0 heterocycles. The van der Waals surface area contributed by atoms with Crippen LogP contribution in [0, 0.1) is 12.8 Å². The van der Waals surface area contributed by atoms with Crippen LogP contribution in [0.5, 0.6) is 0 Å². The first-order valence-electron chi connectivity index (χ1n) is 10.5. The summed E-state index contributed by atoms with van der Waals surface area (Å²) in [6.45, 7) is 2.98. The van der Waals surface area contributed by atoms with Crippen LogP contribution in [-0.2, 0) is 35.1 Å². The van der Waals surface area contributed by atoms with E-state index in [-0.39, 0.29) is 43.4 Å². The molecular formula is C25H24N2O7. The Morgan fingerprint density at radius 1 is 0.971 bits per heavy atom. The third-order valence-electron chi connectivity index (χ3n) is 4.97. The number of aryl methyl sites for hydroxylation is 1. The lowest BCUT2D eigenvalue weighted by atomic mass is 9.90. The number of nitrogens with zero attached hydrogens (tertiary/aromatic N) is 2. The lowest BCUT2D eigenvalue weighted by Crippen LogP contribution is -2.22. The van der Waals surface area contributed by atoms with Gasteiger partial charge in [0.25, 0.3) is 0 Å². The summed E-state index contributed by atoms with van der Waals surface area (Å²) in [6, 6.07) is 11.2. The number of carbonyl (C=O) groups is 3. The summed E-state index contributed by atoms with van der Waals surface area (Å²) in [7, 11) is 0. The molecule has 0 aliphatic carbocycles. The van der Waals surface area contributed by atoms with Crippen LogP contribution in [0.1, 0.15) is 34.8 Å². The molecule has 1 unspecified atom stereocenters. The van der Waals surface area contributed by atoms with Crippen LogP contribution in [0.3, 0.4) is 0 Å². The van der Waals surface area contributed by atoms with Gasteiger partial charge in [0, 0.05) is 12.3 Å². The Labute approximate surface area is 196 Å². The van der Waals surface area contributed by atoms with Crippen LogP contribution in [-0.4, -0.2) is 49.5 Å². The van der Waals surface area contributed by atoms with Gasteiger partial charge in [0.05, 0.1) is 23.5 Å². The Bertz CT molecular complexity index is 1130. The predicted molar refractivity (Wildman–Crippen MR) is 122 cm³/mol. The summed E-state index contributed by atoms with van der Waals surface area (Å²) in [6.07, 6.45) is 3.25. The van der Waals surface area contributed by atoms with Gasteiger partial charge in [-0.3, -0.25) is 9.59 Å². The minimum atomic E-state index is -0.579. The molecule has 9 heteroatoms. The van der Waals surface area contributed by atoms with Crippen molar-refractivity contribution in [2.24, 2.45) is 15.9 Å². The van der Waals surface area contributed by atoms with Gasteiger partial charge in [-0.05, 0) is 61.7 Å². The van der Waals surface area contributed by atoms with Crippen LogP contribution in [0.15, 0.2) is 52.4 Å². The third-order valence-corrected chi connectivity index (χ3v) is 4.97. The molecule has 34 heavy (non-hydrogen) atoms. The first-order chi connectivity index (χ1) is 16.3. The number of hydrogen-bond donors (Lipinski definition) is 0. The smallest absolute Gasteiger partial charge is 0.338 e. The summed E-state index contributed by atoms with van der Waals surface area (Å²) < 4.78 is 10.4. The van der Waals surface area contributed by atoms with E-state index in [1.807, 2.05) is 6.07 Å². The number of rotatable bonds is 13. The fourth-order valence-corrected chi connectivity index (χ4v) is 3.12. The summed E-state index contributed by atoms with van der Waals surface area (Å²) in [5.74, 6) is -1.50. The molecule has 0 amide bonds. The second-order valence-electron chi connectivity index (χ2n) is 7.52. The molecule has 2 aromatic carbocycles. The van der Waals surface area contributed by atoms with Gasteiger partial charge in [-0.15, -0.1) is 0 Å². The number of carbonyl (C=O) groups excluding carboxylic acids is 5. The molecule has 0 bridgehead atoms. The van der Waals surface area contributed by atoms with Crippen LogP contribution in [0.2, 0.25) is 0 Å². The molecule has 9 nitrogen and oxygen atoms in total. The minimum Gasteiger partial charge on any atom is -0.460 e. The minimum absolute atomic E-state index is 0.00486. The van der Waals surface area contributed by atoms with Crippen molar-refractivity contribution >= 4 is 41.1 Å². The molecule has 0 N–H and O–H groups in total. The molecule has 0 aliphatic heterocycles. The molecule has 0 aromatic heterocycles. The molecule has 2 rings (SSSR count). The number of esters is 1. The summed E-state index contributed by atoms with van der Waals surface area (Å²) >= 11 is 0. The monoisotopic (exact) mass is 464 g/mol. The summed E-state index contributed by atoms with van der Waals surface area (Å²) in [5.41, 5.74) is 2.72. The number of ether oxygens (including phenoxy) is 2. The maximum atomic E-state index is 12.3. The quantitative estimate of drug-likeness (QED) is 0.192. The number of ketones is 2. The second kappa shape index (κ2) is 13.5. The molecule has 176 valence electrons. The maximum Gasteiger partial charge on any atom is 0.338 e. The third kappa shape index (κ3) is 8.48. The summed E-state index contributed by atoms with van der Waals surface area (Å²) in [5, 5.41) is 0. The van der Waals surface area contributed by atoms with Crippen LogP contribution in [0.4, 0.5) is 11.4 Å². The van der Waals surface area contributed by atoms with Gasteiger partial charge in [-0.2, -0.15) is 9.98 Å². The van der Waals surface area contributed by atoms with Crippen molar-refractivity contribution in [3.8, 4) is 0 Å². The zero-order chi connectivity index (χ0) is 24.9. The maximum absolute atomic E-state index is 12.3. The molecule has 1 atom stereocenters. The highest BCUT2D eigenvalue weighted by Crippen LogP contribution is 2.23. The molecule has 0 fully saturated rings. The largest absolute Gasteiger partial charge is 0.460 e. The topological polar surface area (TPSA) is 129 Å². The van der Waals surface area contributed by atoms with E-state index in [1.54, 1.807) is 19.1 Å². The normalized spacial score (nSPS) is 11.0. The van der Waals surface area contributed by atoms with Crippen molar-refractivity contribution in [1.29, 1.82) is 0 Å². The molecular weight excluding hydrogens is 440 g/mol. The Balaban J connectivity index is 1.77. The van der Waals surface area contributed by atoms with E-state index in [0.717, 1.165) is 11.1 Å². The second-order valence-corrected chi connectivity index (χ2v) is 7.52. The number of hydrogen-bond acceptors (Lipinski definition) is 9. The van der Waals surface area contributed by atoms with Gasteiger partial charge in [-0.25, -0.2) is 14.4 Å². The number of aliphatic imine (C=N–C) groups is 2.